The Morgan fingerprint density at radius 3 is 2.21 bits per heavy atom. The third kappa shape index (κ3) is 6.00. The van der Waals surface area contributed by atoms with E-state index in [1.807, 2.05) is 0 Å². The van der Waals surface area contributed by atoms with Crippen molar-refractivity contribution < 1.29 is 4.79 Å². The van der Waals surface area contributed by atoms with Crippen LogP contribution in [0.2, 0.25) is 0 Å². The molecule has 3 heterocycles. The third-order valence-electron chi connectivity index (χ3n) is 7.08. The van der Waals surface area contributed by atoms with E-state index in [1.54, 1.807) is 0 Å². The molecule has 162 valence electrons. The van der Waals surface area contributed by atoms with Crippen LogP contribution in [0.25, 0.3) is 0 Å². The lowest BCUT2D eigenvalue weighted by molar-refractivity contribution is -0.136. The van der Waals surface area contributed by atoms with Gasteiger partial charge in [-0.15, -0.1) is 0 Å². The molecule has 0 N–H and O–H groups in total. The smallest absolute Gasteiger partial charge is 0.225 e. The van der Waals surface area contributed by atoms with E-state index in [4.69, 9.17) is 0 Å². The van der Waals surface area contributed by atoms with E-state index in [0.29, 0.717) is 17.7 Å². The molecule has 0 bridgehead atoms. The number of likely N-dealkylation sites (tertiary alicyclic amines) is 2. The highest BCUT2D eigenvalue weighted by Crippen LogP contribution is 2.29. The average Bonchev–Trinajstić information content (AvgIpc) is 2.77. The Hall–Kier alpha value is -1.49. The van der Waals surface area contributed by atoms with Gasteiger partial charge < -0.3 is 9.80 Å². The van der Waals surface area contributed by atoms with Crippen molar-refractivity contribution in [1.29, 1.82) is 0 Å². The van der Waals surface area contributed by atoms with E-state index in [-0.39, 0.29) is 5.92 Å². The average molecular weight is 401 g/mol. The van der Waals surface area contributed by atoms with Crippen molar-refractivity contribution >= 4 is 5.91 Å². The molecule has 2 saturated heterocycles. The fourth-order valence-electron chi connectivity index (χ4n) is 4.64. The number of carbonyl (C=O) groups excluding carboxylic acids is 1. The van der Waals surface area contributed by atoms with E-state index in [9.17, 15) is 4.79 Å². The molecule has 2 aliphatic heterocycles. The molecular formula is C24H40N4O. The number of amides is 1. The fraction of sp³-hybridized carbons (Fsp3) is 0.792. The van der Waals surface area contributed by atoms with E-state index in [2.05, 4.69) is 59.9 Å². The molecule has 1 atom stereocenters. The van der Waals surface area contributed by atoms with Crippen molar-refractivity contribution in [3.05, 3.63) is 23.8 Å². The first-order valence-corrected chi connectivity index (χ1v) is 11.8. The lowest BCUT2D eigenvalue weighted by atomic mass is 9.89. The Morgan fingerprint density at radius 1 is 1.03 bits per heavy atom. The SMILES string of the molecule is CCC(C)C(=O)N1CCC(CCN2CCC(c3cnc(C(C)C)nc3)CC2)CC1. The van der Waals surface area contributed by atoms with Gasteiger partial charge >= 0.3 is 0 Å². The molecule has 2 aliphatic rings. The van der Waals surface area contributed by atoms with Crippen molar-refractivity contribution in [2.24, 2.45) is 11.8 Å². The summed E-state index contributed by atoms with van der Waals surface area (Å²) in [4.78, 5) is 26.2. The number of piperidine rings is 2. The molecule has 0 aliphatic carbocycles. The largest absolute Gasteiger partial charge is 0.342 e. The molecule has 5 nitrogen and oxygen atoms in total. The van der Waals surface area contributed by atoms with Gasteiger partial charge in [0.25, 0.3) is 0 Å². The normalized spacial score (nSPS) is 20.9. The van der Waals surface area contributed by atoms with Gasteiger partial charge in [-0.1, -0.05) is 27.7 Å². The highest BCUT2D eigenvalue weighted by molar-refractivity contribution is 5.78. The summed E-state index contributed by atoms with van der Waals surface area (Å²) in [6.45, 7) is 13.9. The Bertz CT molecular complexity index is 629. The zero-order chi connectivity index (χ0) is 20.8. The zero-order valence-corrected chi connectivity index (χ0v) is 18.9. The predicted molar refractivity (Wildman–Crippen MR) is 118 cm³/mol. The van der Waals surface area contributed by atoms with Crippen LogP contribution in [0.4, 0.5) is 0 Å². The van der Waals surface area contributed by atoms with Gasteiger partial charge in [-0.05, 0) is 75.6 Å². The minimum atomic E-state index is 0.180. The zero-order valence-electron chi connectivity index (χ0n) is 18.9. The molecule has 0 saturated carbocycles. The number of hydrogen-bond acceptors (Lipinski definition) is 4. The van der Waals surface area contributed by atoms with Gasteiger partial charge in [0.2, 0.25) is 5.91 Å². The summed E-state index contributed by atoms with van der Waals surface area (Å²) in [5, 5.41) is 0. The van der Waals surface area contributed by atoms with E-state index >= 15 is 0 Å². The minimum absolute atomic E-state index is 0.180. The van der Waals surface area contributed by atoms with Crippen LogP contribution in [0.1, 0.15) is 89.4 Å². The van der Waals surface area contributed by atoms with Crippen LogP contribution in [0.3, 0.4) is 0 Å². The summed E-state index contributed by atoms with van der Waals surface area (Å²) >= 11 is 0. The lowest BCUT2D eigenvalue weighted by Crippen LogP contribution is -2.42. The van der Waals surface area contributed by atoms with Crippen LogP contribution in [0.15, 0.2) is 12.4 Å². The standard InChI is InChI=1S/C24H40N4O/c1-5-19(4)24(29)28-14-7-20(8-15-28)6-11-27-12-9-21(10-13-27)22-16-25-23(18(2)3)26-17-22/h16-21H,5-15H2,1-4H3. The fourth-order valence-corrected chi connectivity index (χ4v) is 4.64. The Morgan fingerprint density at radius 2 is 1.66 bits per heavy atom. The number of rotatable bonds is 7. The van der Waals surface area contributed by atoms with Crippen LogP contribution in [0.5, 0.6) is 0 Å². The first kappa shape index (κ1) is 22.2. The molecule has 5 heteroatoms. The van der Waals surface area contributed by atoms with Crippen LogP contribution >= 0.6 is 0 Å². The maximum absolute atomic E-state index is 12.3. The molecule has 29 heavy (non-hydrogen) atoms. The van der Waals surface area contributed by atoms with Crippen LogP contribution in [-0.4, -0.2) is 58.4 Å². The Labute approximate surface area is 177 Å². The number of aromatic nitrogens is 2. The lowest BCUT2D eigenvalue weighted by Gasteiger charge is -2.36. The molecule has 0 spiro atoms. The van der Waals surface area contributed by atoms with Gasteiger partial charge in [0, 0.05) is 37.3 Å². The summed E-state index contributed by atoms with van der Waals surface area (Å²) < 4.78 is 0. The highest BCUT2D eigenvalue weighted by atomic mass is 16.2. The molecule has 3 rings (SSSR count). The molecule has 1 aromatic heterocycles. The molecule has 0 radical (unpaired) electrons. The predicted octanol–water partition coefficient (Wildman–Crippen LogP) is 4.45. The second-order valence-corrected chi connectivity index (χ2v) is 9.51. The molecule has 0 aromatic carbocycles. The van der Waals surface area contributed by atoms with Gasteiger partial charge in [-0.25, -0.2) is 9.97 Å². The van der Waals surface area contributed by atoms with E-state index in [0.717, 1.165) is 31.3 Å². The quantitative estimate of drug-likeness (QED) is 0.678. The second kappa shape index (κ2) is 10.5. The number of carbonyl (C=O) groups is 1. The third-order valence-corrected chi connectivity index (χ3v) is 7.08. The van der Waals surface area contributed by atoms with Gasteiger partial charge in [-0.2, -0.15) is 0 Å². The van der Waals surface area contributed by atoms with Crippen LogP contribution < -0.4 is 0 Å². The summed E-state index contributed by atoms with van der Waals surface area (Å²) in [5.74, 6) is 3.28. The summed E-state index contributed by atoms with van der Waals surface area (Å²) in [7, 11) is 0. The van der Waals surface area contributed by atoms with Crippen LogP contribution in [-0.2, 0) is 4.79 Å². The van der Waals surface area contributed by atoms with Gasteiger partial charge in [0.1, 0.15) is 5.82 Å². The first-order valence-electron chi connectivity index (χ1n) is 11.8. The Balaban J connectivity index is 1.36. The first-order chi connectivity index (χ1) is 14.0. The second-order valence-electron chi connectivity index (χ2n) is 9.51. The van der Waals surface area contributed by atoms with Gasteiger partial charge in [0.15, 0.2) is 0 Å². The van der Waals surface area contributed by atoms with Crippen molar-refractivity contribution in [2.45, 2.75) is 78.1 Å². The van der Waals surface area contributed by atoms with Crippen molar-refractivity contribution in [2.75, 3.05) is 32.7 Å². The summed E-state index contributed by atoms with van der Waals surface area (Å²) in [6.07, 6.45) is 11.1. The summed E-state index contributed by atoms with van der Waals surface area (Å²) in [5.41, 5.74) is 1.31. The molecular weight excluding hydrogens is 360 g/mol. The van der Waals surface area contributed by atoms with E-state index < -0.39 is 0 Å². The van der Waals surface area contributed by atoms with Crippen LogP contribution in [0, 0.1) is 11.8 Å². The molecule has 1 unspecified atom stereocenters. The topological polar surface area (TPSA) is 49.3 Å². The van der Waals surface area contributed by atoms with Crippen molar-refractivity contribution in [3.63, 3.8) is 0 Å². The van der Waals surface area contributed by atoms with Gasteiger partial charge in [0.05, 0.1) is 0 Å². The van der Waals surface area contributed by atoms with Crippen molar-refractivity contribution in [1.82, 2.24) is 19.8 Å². The maximum atomic E-state index is 12.3. The maximum Gasteiger partial charge on any atom is 0.225 e. The van der Waals surface area contributed by atoms with Crippen molar-refractivity contribution in [3.8, 4) is 0 Å². The molecule has 1 amide bonds. The number of hydrogen-bond donors (Lipinski definition) is 0. The van der Waals surface area contributed by atoms with Gasteiger partial charge in [-0.3, -0.25) is 4.79 Å². The summed E-state index contributed by atoms with van der Waals surface area (Å²) in [6, 6.07) is 0. The van der Waals surface area contributed by atoms with E-state index in [1.165, 1.54) is 57.3 Å². The monoisotopic (exact) mass is 400 g/mol. The molecule has 1 aromatic rings. The highest BCUT2D eigenvalue weighted by Gasteiger charge is 2.26. The number of nitrogens with zero attached hydrogens (tertiary/aromatic N) is 4. The minimum Gasteiger partial charge on any atom is -0.342 e. The Kier molecular flexibility index (Phi) is 8.05. The molecule has 2 fully saturated rings.